The second-order valence-corrected chi connectivity index (χ2v) is 8.57. The number of fused-ring (bicyclic) bond motifs is 1. The van der Waals surface area contributed by atoms with Crippen molar-refractivity contribution in [2.75, 3.05) is 12.3 Å². The van der Waals surface area contributed by atoms with Crippen LogP contribution in [0.15, 0.2) is 58.4 Å². The largest absolute Gasteiger partial charge is 0.355 e. The van der Waals surface area contributed by atoms with Gasteiger partial charge in [-0.15, -0.1) is 0 Å². The van der Waals surface area contributed by atoms with Gasteiger partial charge in [0.1, 0.15) is 0 Å². The molecule has 0 saturated heterocycles. The van der Waals surface area contributed by atoms with Crippen molar-refractivity contribution in [3.05, 3.63) is 70.0 Å². The number of carbonyl (C=O) groups excluding carboxylic acids is 1. The van der Waals surface area contributed by atoms with Gasteiger partial charge in [-0.3, -0.25) is 14.2 Å². The van der Waals surface area contributed by atoms with Crippen molar-refractivity contribution in [1.82, 2.24) is 14.9 Å². The zero-order valence-electron chi connectivity index (χ0n) is 17.1. The molecule has 1 amide bonds. The molecule has 0 atom stereocenters. The normalized spacial score (nSPS) is 11.2. The quantitative estimate of drug-likeness (QED) is 0.571. The molecule has 3 aromatic rings. The predicted molar refractivity (Wildman–Crippen MR) is 119 cm³/mol. The maximum absolute atomic E-state index is 13.1. The Bertz CT molecular complexity index is 1040. The van der Waals surface area contributed by atoms with Crippen LogP contribution in [0.4, 0.5) is 0 Å². The summed E-state index contributed by atoms with van der Waals surface area (Å²) in [5.41, 5.74) is 3.62. The van der Waals surface area contributed by atoms with E-state index >= 15 is 0 Å². The van der Waals surface area contributed by atoms with Crippen LogP contribution in [0.5, 0.6) is 0 Å². The highest BCUT2D eigenvalue weighted by atomic mass is 32.2. The molecule has 29 heavy (non-hydrogen) atoms. The smallest absolute Gasteiger partial charge is 0.283 e. The fraction of sp³-hybridized carbons (Fsp3) is 0.348. The molecule has 0 aliphatic carbocycles. The Labute approximate surface area is 175 Å². The monoisotopic (exact) mass is 409 g/mol. The summed E-state index contributed by atoms with van der Waals surface area (Å²) in [5, 5.41) is 3.26. The third kappa shape index (κ3) is 5.70. The second kappa shape index (κ2) is 9.74. The van der Waals surface area contributed by atoms with E-state index in [2.05, 4.69) is 24.1 Å². The molecular weight excluding hydrogens is 382 g/mol. The van der Waals surface area contributed by atoms with Gasteiger partial charge in [0.2, 0.25) is 5.91 Å². The lowest BCUT2D eigenvalue weighted by Gasteiger charge is -2.12. The lowest BCUT2D eigenvalue weighted by Crippen LogP contribution is -2.28. The van der Waals surface area contributed by atoms with Crippen LogP contribution in [-0.4, -0.2) is 27.8 Å². The Morgan fingerprint density at radius 1 is 1.14 bits per heavy atom. The molecule has 1 aromatic heterocycles. The van der Waals surface area contributed by atoms with E-state index in [1.54, 1.807) is 4.57 Å². The third-order valence-electron chi connectivity index (χ3n) is 4.67. The minimum Gasteiger partial charge on any atom is -0.355 e. The van der Waals surface area contributed by atoms with Gasteiger partial charge in [0.25, 0.3) is 5.56 Å². The maximum Gasteiger partial charge on any atom is 0.283 e. The van der Waals surface area contributed by atoms with E-state index < -0.39 is 0 Å². The van der Waals surface area contributed by atoms with Crippen molar-refractivity contribution >= 4 is 28.7 Å². The van der Waals surface area contributed by atoms with Gasteiger partial charge in [-0.1, -0.05) is 67.6 Å². The van der Waals surface area contributed by atoms with Gasteiger partial charge in [0, 0.05) is 6.54 Å². The third-order valence-corrected chi connectivity index (χ3v) is 5.61. The van der Waals surface area contributed by atoms with Gasteiger partial charge in [-0.25, -0.2) is 4.98 Å². The number of aryl methyl sites for hydroxylation is 1. The molecule has 0 radical (unpaired) electrons. The van der Waals surface area contributed by atoms with Crippen molar-refractivity contribution in [2.45, 2.75) is 38.8 Å². The Morgan fingerprint density at radius 2 is 1.86 bits per heavy atom. The first-order valence-corrected chi connectivity index (χ1v) is 10.9. The van der Waals surface area contributed by atoms with Gasteiger partial charge in [-0.05, 0) is 37.0 Å². The number of hydrogen-bond donors (Lipinski definition) is 1. The molecule has 152 valence electrons. The number of amides is 1. The number of carbonyl (C=O) groups is 1. The number of aromatic nitrogens is 2. The van der Waals surface area contributed by atoms with E-state index in [1.165, 1.54) is 17.3 Å². The van der Waals surface area contributed by atoms with Crippen molar-refractivity contribution in [3.8, 4) is 0 Å². The van der Waals surface area contributed by atoms with E-state index in [0.29, 0.717) is 24.0 Å². The average Bonchev–Trinajstić information content (AvgIpc) is 2.70. The van der Waals surface area contributed by atoms with Gasteiger partial charge in [-0.2, -0.15) is 0 Å². The number of benzene rings is 2. The summed E-state index contributed by atoms with van der Waals surface area (Å²) in [6.07, 6.45) is 0.938. The molecule has 2 aromatic carbocycles. The molecule has 0 saturated carbocycles. The molecule has 1 N–H and O–H groups in total. The lowest BCUT2D eigenvalue weighted by atomic mass is 10.1. The van der Waals surface area contributed by atoms with Crippen LogP contribution in [0.1, 0.15) is 31.4 Å². The van der Waals surface area contributed by atoms with Crippen LogP contribution < -0.4 is 10.9 Å². The first kappa shape index (κ1) is 21.1. The fourth-order valence-corrected chi connectivity index (χ4v) is 3.75. The van der Waals surface area contributed by atoms with Crippen LogP contribution in [0.2, 0.25) is 0 Å². The van der Waals surface area contributed by atoms with Gasteiger partial charge in [0.15, 0.2) is 5.03 Å². The minimum absolute atomic E-state index is 0.0740. The molecule has 5 nitrogen and oxygen atoms in total. The van der Waals surface area contributed by atoms with Crippen molar-refractivity contribution in [1.29, 1.82) is 0 Å². The first-order chi connectivity index (χ1) is 13.9. The highest BCUT2D eigenvalue weighted by Gasteiger charge is 2.13. The molecular formula is C23H27N3O2S. The summed E-state index contributed by atoms with van der Waals surface area (Å²) in [5.74, 6) is 0.651. The SMILES string of the molecule is Cc1ccc(Cn2c(=O)c(SCC(=O)NCCC(C)C)nc3ccccc32)cc1. The maximum atomic E-state index is 13.1. The molecule has 0 bridgehead atoms. The summed E-state index contributed by atoms with van der Waals surface area (Å²) in [4.78, 5) is 29.8. The van der Waals surface area contributed by atoms with Crippen LogP contribution in [0.25, 0.3) is 11.0 Å². The summed E-state index contributed by atoms with van der Waals surface area (Å²) in [6, 6.07) is 15.8. The Balaban J connectivity index is 1.83. The molecule has 0 unspecified atom stereocenters. The fourth-order valence-electron chi connectivity index (χ4n) is 2.98. The Morgan fingerprint density at radius 3 is 2.59 bits per heavy atom. The van der Waals surface area contributed by atoms with Crippen LogP contribution in [-0.2, 0) is 11.3 Å². The molecule has 0 fully saturated rings. The van der Waals surface area contributed by atoms with E-state index in [4.69, 9.17) is 0 Å². The average molecular weight is 410 g/mol. The van der Waals surface area contributed by atoms with E-state index in [9.17, 15) is 9.59 Å². The summed E-state index contributed by atoms with van der Waals surface area (Å²) < 4.78 is 1.74. The number of hydrogen-bond acceptors (Lipinski definition) is 4. The number of nitrogens with zero attached hydrogens (tertiary/aromatic N) is 2. The Kier molecular flexibility index (Phi) is 7.09. The molecule has 3 rings (SSSR count). The van der Waals surface area contributed by atoms with Gasteiger partial charge in [0.05, 0.1) is 23.3 Å². The molecule has 0 spiro atoms. The van der Waals surface area contributed by atoms with E-state index in [-0.39, 0.29) is 17.2 Å². The topological polar surface area (TPSA) is 64.0 Å². The van der Waals surface area contributed by atoms with Crippen molar-refractivity contribution in [3.63, 3.8) is 0 Å². The molecule has 1 heterocycles. The van der Waals surface area contributed by atoms with Crippen molar-refractivity contribution < 1.29 is 4.79 Å². The van der Waals surface area contributed by atoms with Gasteiger partial charge >= 0.3 is 0 Å². The predicted octanol–water partition coefficient (Wildman–Crippen LogP) is 4.01. The highest BCUT2D eigenvalue weighted by Crippen LogP contribution is 2.18. The standard InChI is InChI=1S/C23H27N3O2S/c1-16(2)12-13-24-21(27)15-29-22-23(28)26(14-18-10-8-17(3)9-11-18)20-7-5-4-6-19(20)25-22/h4-11,16H,12-15H2,1-3H3,(H,24,27). The summed E-state index contributed by atoms with van der Waals surface area (Å²) in [7, 11) is 0. The molecule has 6 heteroatoms. The zero-order chi connectivity index (χ0) is 20.8. The van der Waals surface area contributed by atoms with Crippen LogP contribution >= 0.6 is 11.8 Å². The van der Waals surface area contributed by atoms with Gasteiger partial charge < -0.3 is 5.32 Å². The molecule has 0 aliphatic heterocycles. The zero-order valence-corrected chi connectivity index (χ0v) is 18.0. The number of rotatable bonds is 8. The summed E-state index contributed by atoms with van der Waals surface area (Å²) >= 11 is 1.20. The van der Waals surface area contributed by atoms with Crippen LogP contribution in [0.3, 0.4) is 0 Å². The van der Waals surface area contributed by atoms with Crippen LogP contribution in [0, 0.1) is 12.8 Å². The van der Waals surface area contributed by atoms with E-state index in [1.807, 2.05) is 55.5 Å². The molecule has 0 aliphatic rings. The first-order valence-electron chi connectivity index (χ1n) is 9.88. The second-order valence-electron chi connectivity index (χ2n) is 7.60. The number of nitrogens with one attached hydrogen (secondary N) is 1. The van der Waals surface area contributed by atoms with E-state index in [0.717, 1.165) is 23.0 Å². The minimum atomic E-state index is -0.163. The van der Waals surface area contributed by atoms with Crippen molar-refractivity contribution in [2.24, 2.45) is 5.92 Å². The Hall–Kier alpha value is -2.60. The number of thioether (sulfide) groups is 1. The summed E-state index contributed by atoms with van der Waals surface area (Å²) in [6.45, 7) is 7.40. The lowest BCUT2D eigenvalue weighted by molar-refractivity contribution is -0.118. The highest BCUT2D eigenvalue weighted by molar-refractivity contribution is 7.99. The number of para-hydroxylation sites is 2.